The van der Waals surface area contributed by atoms with E-state index in [1.807, 2.05) is 12.1 Å². The summed E-state index contributed by atoms with van der Waals surface area (Å²) in [5.41, 5.74) is 2.77. The van der Waals surface area contributed by atoms with Crippen LogP contribution in [-0.2, 0) is 6.42 Å². The first-order valence-electron chi connectivity index (χ1n) is 7.46. The zero-order valence-electron chi connectivity index (χ0n) is 13.6. The molecule has 0 fully saturated rings. The second-order valence-corrected chi connectivity index (χ2v) is 4.96. The summed E-state index contributed by atoms with van der Waals surface area (Å²) in [5.74, 6) is 1.03. The lowest BCUT2D eigenvalue weighted by Gasteiger charge is -2.08. The molecule has 0 saturated heterocycles. The standard InChI is InChI=1S/C19H21NO3/c1-4-14-5-8-16(9-6-14)20-12-11-17(21)15-7-10-18(22-2)19(13-15)23-3/h5-13,20H,4H2,1-3H3/b12-11+. The summed E-state index contributed by atoms with van der Waals surface area (Å²) >= 11 is 0. The van der Waals surface area contributed by atoms with E-state index < -0.39 is 0 Å². The van der Waals surface area contributed by atoms with Crippen molar-refractivity contribution in [3.8, 4) is 11.5 Å². The number of rotatable bonds is 7. The van der Waals surface area contributed by atoms with Gasteiger partial charge in [-0.05, 0) is 42.3 Å². The number of carbonyl (C=O) groups is 1. The van der Waals surface area contributed by atoms with E-state index >= 15 is 0 Å². The Morgan fingerprint density at radius 1 is 1.04 bits per heavy atom. The van der Waals surface area contributed by atoms with Gasteiger partial charge in [0.2, 0.25) is 0 Å². The molecule has 0 heterocycles. The van der Waals surface area contributed by atoms with Crippen LogP contribution in [0.3, 0.4) is 0 Å². The van der Waals surface area contributed by atoms with Gasteiger partial charge in [0.15, 0.2) is 17.3 Å². The summed E-state index contributed by atoms with van der Waals surface area (Å²) in [4.78, 5) is 12.2. The van der Waals surface area contributed by atoms with Gasteiger partial charge < -0.3 is 14.8 Å². The van der Waals surface area contributed by atoms with Crippen LogP contribution in [0, 0.1) is 0 Å². The van der Waals surface area contributed by atoms with E-state index in [-0.39, 0.29) is 5.78 Å². The fraction of sp³-hybridized carbons (Fsp3) is 0.211. The molecule has 0 aliphatic carbocycles. The van der Waals surface area contributed by atoms with Gasteiger partial charge in [-0.15, -0.1) is 0 Å². The Bertz CT molecular complexity index is 690. The second-order valence-electron chi connectivity index (χ2n) is 4.96. The highest BCUT2D eigenvalue weighted by Crippen LogP contribution is 2.27. The third-order valence-electron chi connectivity index (χ3n) is 3.51. The summed E-state index contributed by atoms with van der Waals surface area (Å²) in [6.45, 7) is 2.12. The van der Waals surface area contributed by atoms with E-state index in [0.29, 0.717) is 17.1 Å². The fourth-order valence-corrected chi connectivity index (χ4v) is 2.14. The second kappa shape index (κ2) is 8.03. The lowest BCUT2D eigenvalue weighted by Crippen LogP contribution is -1.98. The Balaban J connectivity index is 2.03. The molecule has 0 unspecified atom stereocenters. The highest BCUT2D eigenvalue weighted by atomic mass is 16.5. The van der Waals surface area contributed by atoms with E-state index in [4.69, 9.17) is 9.47 Å². The molecule has 0 saturated carbocycles. The van der Waals surface area contributed by atoms with E-state index in [9.17, 15) is 4.79 Å². The molecule has 0 aliphatic heterocycles. The Hall–Kier alpha value is -2.75. The van der Waals surface area contributed by atoms with Gasteiger partial charge in [-0.3, -0.25) is 4.79 Å². The molecule has 0 amide bonds. The van der Waals surface area contributed by atoms with Gasteiger partial charge >= 0.3 is 0 Å². The monoisotopic (exact) mass is 311 g/mol. The van der Waals surface area contributed by atoms with Crippen LogP contribution in [0.25, 0.3) is 0 Å². The van der Waals surface area contributed by atoms with Crippen molar-refractivity contribution in [3.05, 3.63) is 65.9 Å². The molecule has 120 valence electrons. The number of hydrogen-bond acceptors (Lipinski definition) is 4. The highest BCUT2D eigenvalue weighted by molar-refractivity contribution is 6.05. The number of methoxy groups -OCH3 is 2. The third kappa shape index (κ3) is 4.36. The number of hydrogen-bond donors (Lipinski definition) is 1. The number of benzene rings is 2. The largest absolute Gasteiger partial charge is 0.493 e. The number of ketones is 1. The summed E-state index contributed by atoms with van der Waals surface area (Å²) in [6, 6.07) is 13.2. The normalized spacial score (nSPS) is 10.6. The van der Waals surface area contributed by atoms with Crippen LogP contribution in [0.2, 0.25) is 0 Å². The lowest BCUT2D eigenvalue weighted by atomic mass is 10.1. The molecule has 23 heavy (non-hydrogen) atoms. The topological polar surface area (TPSA) is 47.6 Å². The quantitative estimate of drug-likeness (QED) is 0.618. The van der Waals surface area contributed by atoms with E-state index in [0.717, 1.165) is 12.1 Å². The van der Waals surface area contributed by atoms with Crippen molar-refractivity contribution in [3.63, 3.8) is 0 Å². The minimum absolute atomic E-state index is 0.108. The number of anilines is 1. The summed E-state index contributed by atoms with van der Waals surface area (Å²) in [7, 11) is 3.11. The number of allylic oxidation sites excluding steroid dienone is 1. The summed E-state index contributed by atoms with van der Waals surface area (Å²) < 4.78 is 10.4. The van der Waals surface area contributed by atoms with Gasteiger partial charge in [-0.25, -0.2) is 0 Å². The van der Waals surface area contributed by atoms with Gasteiger partial charge in [-0.2, -0.15) is 0 Å². The van der Waals surface area contributed by atoms with Crippen molar-refractivity contribution >= 4 is 11.5 Å². The average molecular weight is 311 g/mol. The number of nitrogens with one attached hydrogen (secondary N) is 1. The van der Waals surface area contributed by atoms with Crippen LogP contribution < -0.4 is 14.8 Å². The van der Waals surface area contributed by atoms with Crippen molar-refractivity contribution in [2.24, 2.45) is 0 Å². The molecule has 0 radical (unpaired) electrons. The number of carbonyl (C=O) groups excluding carboxylic acids is 1. The lowest BCUT2D eigenvalue weighted by molar-refractivity contribution is 0.104. The van der Waals surface area contributed by atoms with Crippen LogP contribution in [0.15, 0.2) is 54.7 Å². The molecule has 0 atom stereocenters. The van der Waals surface area contributed by atoms with E-state index in [2.05, 4.69) is 24.4 Å². The summed E-state index contributed by atoms with van der Waals surface area (Å²) in [6.07, 6.45) is 4.14. The van der Waals surface area contributed by atoms with Crippen LogP contribution in [0.5, 0.6) is 11.5 Å². The van der Waals surface area contributed by atoms with Crippen LogP contribution in [-0.4, -0.2) is 20.0 Å². The van der Waals surface area contributed by atoms with Crippen molar-refractivity contribution in [1.29, 1.82) is 0 Å². The number of aryl methyl sites for hydroxylation is 1. The Morgan fingerprint density at radius 2 is 1.74 bits per heavy atom. The molecule has 0 aliphatic rings. The molecule has 1 N–H and O–H groups in total. The van der Waals surface area contributed by atoms with Crippen LogP contribution >= 0.6 is 0 Å². The zero-order chi connectivity index (χ0) is 16.7. The van der Waals surface area contributed by atoms with Crippen molar-refractivity contribution in [2.45, 2.75) is 13.3 Å². The predicted octanol–water partition coefficient (Wildman–Crippen LogP) is 4.07. The van der Waals surface area contributed by atoms with E-state index in [1.54, 1.807) is 38.6 Å². The minimum atomic E-state index is -0.108. The minimum Gasteiger partial charge on any atom is -0.493 e. The molecular formula is C19H21NO3. The molecular weight excluding hydrogens is 290 g/mol. The molecule has 2 aromatic carbocycles. The first kappa shape index (κ1) is 16.6. The van der Waals surface area contributed by atoms with Gasteiger partial charge in [0, 0.05) is 23.5 Å². The first-order chi connectivity index (χ1) is 11.2. The van der Waals surface area contributed by atoms with Crippen molar-refractivity contribution in [2.75, 3.05) is 19.5 Å². The Labute approximate surface area is 136 Å². The molecule has 0 bridgehead atoms. The van der Waals surface area contributed by atoms with Gasteiger partial charge in [0.05, 0.1) is 14.2 Å². The van der Waals surface area contributed by atoms with Crippen molar-refractivity contribution < 1.29 is 14.3 Å². The van der Waals surface area contributed by atoms with Gasteiger partial charge in [0.1, 0.15) is 0 Å². The summed E-state index contributed by atoms with van der Waals surface area (Å²) in [5, 5.41) is 3.09. The van der Waals surface area contributed by atoms with Crippen molar-refractivity contribution in [1.82, 2.24) is 0 Å². The van der Waals surface area contributed by atoms with Gasteiger partial charge in [-0.1, -0.05) is 19.1 Å². The first-order valence-corrected chi connectivity index (χ1v) is 7.46. The zero-order valence-corrected chi connectivity index (χ0v) is 13.6. The Morgan fingerprint density at radius 3 is 2.35 bits per heavy atom. The van der Waals surface area contributed by atoms with E-state index in [1.165, 1.54) is 11.6 Å². The molecule has 2 aromatic rings. The molecule has 4 heteroatoms. The molecule has 2 rings (SSSR count). The number of ether oxygens (including phenoxy) is 2. The fourth-order valence-electron chi connectivity index (χ4n) is 2.14. The SMILES string of the molecule is CCc1ccc(N/C=C/C(=O)c2ccc(OC)c(OC)c2)cc1. The van der Waals surface area contributed by atoms with Crippen LogP contribution in [0.4, 0.5) is 5.69 Å². The smallest absolute Gasteiger partial charge is 0.187 e. The third-order valence-corrected chi connectivity index (χ3v) is 3.51. The maximum absolute atomic E-state index is 12.2. The Kier molecular flexibility index (Phi) is 5.80. The highest BCUT2D eigenvalue weighted by Gasteiger charge is 2.08. The van der Waals surface area contributed by atoms with Gasteiger partial charge in [0.25, 0.3) is 0 Å². The maximum atomic E-state index is 12.2. The molecule has 4 nitrogen and oxygen atoms in total. The average Bonchev–Trinajstić information content (AvgIpc) is 2.61. The maximum Gasteiger partial charge on any atom is 0.187 e. The molecule has 0 spiro atoms. The predicted molar refractivity (Wildman–Crippen MR) is 92.5 cm³/mol. The molecule has 0 aromatic heterocycles. The van der Waals surface area contributed by atoms with Crippen LogP contribution in [0.1, 0.15) is 22.8 Å².